The average Bonchev–Trinajstić information content (AvgIpc) is 2.26. The third-order valence-electron chi connectivity index (χ3n) is 2.32. The minimum Gasteiger partial charge on any atom is -0.481 e. The summed E-state index contributed by atoms with van der Waals surface area (Å²) in [5.74, 6) is 0.775. The Morgan fingerprint density at radius 3 is 2.62 bits per heavy atom. The van der Waals surface area contributed by atoms with Gasteiger partial charge in [0.25, 0.3) is 0 Å². The van der Waals surface area contributed by atoms with Crippen LogP contribution in [0.2, 0.25) is 0 Å². The van der Waals surface area contributed by atoms with Gasteiger partial charge in [0.1, 0.15) is 0 Å². The lowest BCUT2D eigenvalue weighted by Gasteiger charge is -2.07. The molecule has 0 rings (SSSR count). The highest BCUT2D eigenvalue weighted by Gasteiger charge is 1.98. The summed E-state index contributed by atoms with van der Waals surface area (Å²) in [6.45, 7) is 12.8. The fourth-order valence-electron chi connectivity index (χ4n) is 1.37. The van der Waals surface area contributed by atoms with Crippen molar-refractivity contribution in [3.63, 3.8) is 0 Å². The van der Waals surface area contributed by atoms with Gasteiger partial charge in [-0.15, -0.1) is 0 Å². The first kappa shape index (κ1) is 14.9. The Balaban J connectivity index is 4.18. The Bertz CT molecular complexity index is 253. The highest BCUT2D eigenvalue weighted by atomic mass is 16.5. The molecular weight excluding hydrogens is 198 g/mol. The topological polar surface area (TPSA) is 21.6 Å². The molecule has 0 amide bonds. The summed E-state index contributed by atoms with van der Waals surface area (Å²) in [4.78, 5) is 4.45. The van der Waals surface area contributed by atoms with Crippen LogP contribution in [0.5, 0.6) is 0 Å². The molecule has 2 nitrogen and oxygen atoms in total. The molecule has 0 aliphatic heterocycles. The zero-order valence-electron chi connectivity index (χ0n) is 11.1. The SMILES string of the molecule is C=C/C(=C\C(C)/N=C(/C)OCCCC)CC. The molecule has 0 aromatic carbocycles. The van der Waals surface area contributed by atoms with Crippen molar-refractivity contribution in [1.29, 1.82) is 0 Å². The Hall–Kier alpha value is -1.05. The standard InChI is InChI=1S/C14H25NO/c1-6-9-10-16-13(5)15-12(4)11-14(7-2)8-3/h7,11-12H,2,6,8-10H2,1,3-5H3/b14-11+,15-13-. The molecule has 0 bridgehead atoms. The van der Waals surface area contributed by atoms with Crippen molar-refractivity contribution in [3.05, 3.63) is 24.3 Å². The minimum absolute atomic E-state index is 0.162. The Morgan fingerprint density at radius 2 is 2.12 bits per heavy atom. The molecule has 0 aliphatic rings. The molecule has 1 atom stereocenters. The maximum Gasteiger partial charge on any atom is 0.180 e. The van der Waals surface area contributed by atoms with Crippen molar-refractivity contribution in [3.8, 4) is 0 Å². The summed E-state index contributed by atoms with van der Waals surface area (Å²) < 4.78 is 5.50. The van der Waals surface area contributed by atoms with E-state index < -0.39 is 0 Å². The van der Waals surface area contributed by atoms with Gasteiger partial charge in [0.05, 0.1) is 12.6 Å². The summed E-state index contributed by atoms with van der Waals surface area (Å²) in [7, 11) is 0. The second-order valence-corrected chi connectivity index (χ2v) is 3.89. The largest absolute Gasteiger partial charge is 0.481 e. The van der Waals surface area contributed by atoms with E-state index >= 15 is 0 Å². The van der Waals surface area contributed by atoms with Crippen LogP contribution in [0.1, 0.15) is 47.0 Å². The van der Waals surface area contributed by atoms with Crippen LogP contribution in [-0.4, -0.2) is 18.5 Å². The van der Waals surface area contributed by atoms with Crippen LogP contribution in [-0.2, 0) is 4.74 Å². The monoisotopic (exact) mass is 223 g/mol. The van der Waals surface area contributed by atoms with Gasteiger partial charge in [-0.1, -0.05) is 44.6 Å². The van der Waals surface area contributed by atoms with Crippen LogP contribution in [0, 0.1) is 0 Å². The second-order valence-electron chi connectivity index (χ2n) is 3.89. The van der Waals surface area contributed by atoms with Gasteiger partial charge >= 0.3 is 0 Å². The van der Waals surface area contributed by atoms with Gasteiger partial charge < -0.3 is 4.74 Å². The molecule has 92 valence electrons. The molecular formula is C14H25NO. The molecule has 1 unspecified atom stereocenters. The Labute approximate surface area is 100 Å². The first-order valence-electron chi connectivity index (χ1n) is 6.14. The van der Waals surface area contributed by atoms with Crippen molar-refractivity contribution in [2.24, 2.45) is 4.99 Å². The number of ether oxygens (including phenoxy) is 1. The van der Waals surface area contributed by atoms with Gasteiger partial charge in [-0.3, -0.25) is 0 Å². The van der Waals surface area contributed by atoms with E-state index in [1.165, 1.54) is 5.57 Å². The smallest absolute Gasteiger partial charge is 0.180 e. The molecule has 0 heterocycles. The quantitative estimate of drug-likeness (QED) is 0.275. The van der Waals surface area contributed by atoms with E-state index in [1.54, 1.807) is 0 Å². The van der Waals surface area contributed by atoms with Crippen molar-refractivity contribution in [2.45, 2.75) is 53.0 Å². The molecule has 0 N–H and O–H groups in total. The molecule has 16 heavy (non-hydrogen) atoms. The number of hydrogen-bond donors (Lipinski definition) is 0. The number of unbranched alkanes of at least 4 members (excludes halogenated alkanes) is 1. The summed E-state index contributed by atoms with van der Waals surface area (Å²) in [5.41, 5.74) is 1.23. The normalized spacial score (nSPS) is 14.8. The third-order valence-corrected chi connectivity index (χ3v) is 2.32. The Morgan fingerprint density at radius 1 is 1.44 bits per heavy atom. The first-order chi connectivity index (χ1) is 7.63. The summed E-state index contributed by atoms with van der Waals surface area (Å²) in [5, 5.41) is 0. The molecule has 0 fully saturated rings. The minimum atomic E-state index is 0.162. The fourth-order valence-corrected chi connectivity index (χ4v) is 1.37. The van der Waals surface area contributed by atoms with Crippen LogP contribution in [0.3, 0.4) is 0 Å². The maximum absolute atomic E-state index is 5.50. The molecule has 0 spiro atoms. The second kappa shape index (κ2) is 9.20. The number of allylic oxidation sites excluding steroid dienone is 2. The first-order valence-corrected chi connectivity index (χ1v) is 6.14. The van der Waals surface area contributed by atoms with Crippen LogP contribution in [0.25, 0.3) is 0 Å². The zero-order valence-corrected chi connectivity index (χ0v) is 11.1. The number of nitrogens with zero attached hydrogens (tertiary/aromatic N) is 1. The lowest BCUT2D eigenvalue weighted by molar-refractivity contribution is 0.292. The van der Waals surface area contributed by atoms with Gasteiger partial charge in [-0.2, -0.15) is 0 Å². The molecule has 0 aliphatic carbocycles. The third kappa shape index (κ3) is 7.27. The van der Waals surface area contributed by atoms with E-state index in [0.29, 0.717) is 0 Å². The van der Waals surface area contributed by atoms with E-state index in [0.717, 1.165) is 31.8 Å². The van der Waals surface area contributed by atoms with Crippen molar-refractivity contribution in [2.75, 3.05) is 6.61 Å². The fraction of sp³-hybridized carbons (Fsp3) is 0.643. The molecule has 0 aromatic heterocycles. The predicted molar refractivity (Wildman–Crippen MR) is 72.0 cm³/mol. The van der Waals surface area contributed by atoms with Gasteiger partial charge in [0, 0.05) is 6.92 Å². The van der Waals surface area contributed by atoms with Gasteiger partial charge in [-0.05, 0) is 19.8 Å². The number of aliphatic imine (C=N–C) groups is 1. The molecule has 2 heteroatoms. The molecule has 0 radical (unpaired) electrons. The average molecular weight is 223 g/mol. The van der Waals surface area contributed by atoms with E-state index in [-0.39, 0.29) is 6.04 Å². The van der Waals surface area contributed by atoms with Crippen molar-refractivity contribution in [1.82, 2.24) is 0 Å². The van der Waals surface area contributed by atoms with E-state index in [2.05, 4.69) is 38.4 Å². The summed E-state index contributed by atoms with van der Waals surface area (Å²) in [6, 6.07) is 0.162. The van der Waals surface area contributed by atoms with E-state index in [9.17, 15) is 0 Å². The summed E-state index contributed by atoms with van der Waals surface area (Å²) in [6.07, 6.45) is 7.25. The number of rotatable bonds is 7. The molecule has 0 aromatic rings. The van der Waals surface area contributed by atoms with Crippen LogP contribution in [0.4, 0.5) is 0 Å². The van der Waals surface area contributed by atoms with Gasteiger partial charge in [0.15, 0.2) is 5.90 Å². The van der Waals surface area contributed by atoms with E-state index in [4.69, 9.17) is 4.74 Å². The van der Waals surface area contributed by atoms with Gasteiger partial charge in [-0.25, -0.2) is 4.99 Å². The maximum atomic E-state index is 5.50. The highest BCUT2D eigenvalue weighted by molar-refractivity contribution is 5.73. The van der Waals surface area contributed by atoms with Crippen LogP contribution >= 0.6 is 0 Å². The van der Waals surface area contributed by atoms with Gasteiger partial charge in [0.2, 0.25) is 0 Å². The summed E-state index contributed by atoms with van der Waals surface area (Å²) >= 11 is 0. The molecule has 0 saturated carbocycles. The zero-order chi connectivity index (χ0) is 12.4. The lowest BCUT2D eigenvalue weighted by atomic mass is 10.1. The highest BCUT2D eigenvalue weighted by Crippen LogP contribution is 2.06. The predicted octanol–water partition coefficient (Wildman–Crippen LogP) is 4.13. The van der Waals surface area contributed by atoms with Crippen molar-refractivity contribution >= 4 is 5.90 Å². The molecule has 0 saturated heterocycles. The number of hydrogen-bond acceptors (Lipinski definition) is 2. The van der Waals surface area contributed by atoms with Crippen LogP contribution in [0.15, 0.2) is 29.3 Å². The van der Waals surface area contributed by atoms with Crippen molar-refractivity contribution < 1.29 is 4.74 Å². The lowest BCUT2D eigenvalue weighted by Crippen LogP contribution is -2.06. The Kier molecular flexibility index (Phi) is 8.59. The van der Waals surface area contributed by atoms with Crippen LogP contribution < -0.4 is 0 Å². The van der Waals surface area contributed by atoms with E-state index in [1.807, 2.05) is 13.0 Å².